The molecule has 0 aliphatic carbocycles. The fraction of sp³-hybridized carbons (Fsp3) is 0.364. The van der Waals surface area contributed by atoms with Gasteiger partial charge in [-0.15, -0.1) is 0 Å². The fourth-order valence-electron chi connectivity index (χ4n) is 1.22. The van der Waals surface area contributed by atoms with E-state index in [0.717, 1.165) is 11.3 Å². The normalized spacial score (nSPS) is 10.9. The molecule has 4 N–H and O–H groups in total. The average molecular weight is 236 g/mol. The van der Waals surface area contributed by atoms with Crippen molar-refractivity contribution in [2.24, 2.45) is 10.7 Å². The highest BCUT2D eigenvalue weighted by Crippen LogP contribution is 1.99. The average Bonchev–Trinajstić information content (AvgIpc) is 2.29. The summed E-state index contributed by atoms with van der Waals surface area (Å²) < 4.78 is 0. The van der Waals surface area contributed by atoms with Gasteiger partial charge in [-0.25, -0.2) is 0 Å². The molecule has 1 amide bonds. The van der Waals surface area contributed by atoms with Crippen molar-refractivity contribution in [2.75, 3.05) is 19.7 Å². The van der Waals surface area contributed by atoms with Crippen LogP contribution in [0, 0.1) is 0 Å². The Morgan fingerprint density at radius 1 is 1.65 bits per heavy atom. The molecule has 1 heterocycles. The van der Waals surface area contributed by atoms with E-state index < -0.39 is 5.91 Å². The highest BCUT2D eigenvalue weighted by atomic mass is 16.3. The molecular weight excluding hydrogens is 220 g/mol. The van der Waals surface area contributed by atoms with Crippen LogP contribution in [0.5, 0.6) is 0 Å². The third-order valence-electron chi connectivity index (χ3n) is 1.92. The topological polar surface area (TPSA) is 101 Å². The van der Waals surface area contributed by atoms with Crippen molar-refractivity contribution < 1.29 is 9.90 Å². The van der Waals surface area contributed by atoms with Crippen LogP contribution in [0.2, 0.25) is 0 Å². The van der Waals surface area contributed by atoms with E-state index >= 15 is 0 Å². The van der Waals surface area contributed by atoms with Crippen LogP contribution in [0.25, 0.3) is 0 Å². The van der Waals surface area contributed by atoms with Gasteiger partial charge >= 0.3 is 0 Å². The zero-order valence-electron chi connectivity index (χ0n) is 9.47. The first kappa shape index (κ1) is 13.3. The second-order valence-corrected chi connectivity index (χ2v) is 3.41. The predicted molar refractivity (Wildman–Crippen MR) is 64.7 cm³/mol. The van der Waals surface area contributed by atoms with Gasteiger partial charge in [-0.3, -0.25) is 14.8 Å². The number of nitrogens with two attached hydrogens (primary N) is 1. The molecule has 1 aromatic rings. The molecule has 0 atom stereocenters. The van der Waals surface area contributed by atoms with E-state index in [-0.39, 0.29) is 13.2 Å². The van der Waals surface area contributed by atoms with Crippen molar-refractivity contribution in [3.05, 3.63) is 29.6 Å². The van der Waals surface area contributed by atoms with Crippen LogP contribution in [0.15, 0.2) is 23.3 Å². The second kappa shape index (κ2) is 7.48. The maximum Gasteiger partial charge on any atom is 0.231 e. The molecule has 0 saturated heterocycles. The van der Waals surface area contributed by atoms with Crippen molar-refractivity contribution in [1.82, 2.24) is 10.3 Å². The lowest BCUT2D eigenvalue weighted by Crippen LogP contribution is -2.28. The number of aliphatic hydroxyl groups is 1. The van der Waals surface area contributed by atoms with Gasteiger partial charge in [-0.05, 0) is 17.7 Å². The first-order valence-electron chi connectivity index (χ1n) is 5.27. The number of pyridine rings is 1. The summed E-state index contributed by atoms with van der Waals surface area (Å²) in [5.41, 5.74) is 6.71. The number of hydrogen-bond donors (Lipinski definition) is 3. The molecular formula is C11H16N4O2. The summed E-state index contributed by atoms with van der Waals surface area (Å²) in [5.74, 6) is -0.398. The Morgan fingerprint density at radius 3 is 3.18 bits per heavy atom. The molecule has 0 fully saturated rings. The summed E-state index contributed by atoms with van der Waals surface area (Å²) in [6.45, 7) is 1.03. The summed E-state index contributed by atoms with van der Waals surface area (Å²) in [4.78, 5) is 18.7. The van der Waals surface area contributed by atoms with Crippen LogP contribution in [-0.2, 0) is 11.3 Å². The van der Waals surface area contributed by atoms with Crippen LogP contribution in [-0.4, -0.2) is 41.9 Å². The summed E-state index contributed by atoms with van der Waals surface area (Å²) in [7, 11) is 0. The number of nitrogens with zero attached hydrogens (tertiary/aromatic N) is 2. The molecule has 1 aromatic heterocycles. The number of amides is 1. The highest BCUT2D eigenvalue weighted by Gasteiger charge is 1.97. The maximum absolute atomic E-state index is 10.5. The first-order chi connectivity index (χ1) is 8.22. The standard InChI is InChI=1S/C11H16N4O2/c12-11(17)8-14-7-10-5-9(1-2-15-10)6-13-3-4-16/h1-2,5-6,14,16H,3-4,7-8H2,(H2,12,17). The molecule has 0 aromatic carbocycles. The minimum Gasteiger partial charge on any atom is -0.394 e. The third-order valence-corrected chi connectivity index (χ3v) is 1.92. The number of aliphatic hydroxyl groups excluding tert-OH is 1. The monoisotopic (exact) mass is 236 g/mol. The number of aromatic nitrogens is 1. The Kier molecular flexibility index (Phi) is 5.84. The van der Waals surface area contributed by atoms with Gasteiger partial charge in [-0.1, -0.05) is 0 Å². The zero-order valence-corrected chi connectivity index (χ0v) is 9.47. The van der Waals surface area contributed by atoms with Crippen LogP contribution in [0.4, 0.5) is 0 Å². The van der Waals surface area contributed by atoms with E-state index in [9.17, 15) is 4.79 Å². The first-order valence-corrected chi connectivity index (χ1v) is 5.27. The van der Waals surface area contributed by atoms with Gasteiger partial charge in [0, 0.05) is 19.0 Å². The van der Waals surface area contributed by atoms with E-state index in [1.807, 2.05) is 12.1 Å². The van der Waals surface area contributed by atoms with Gasteiger partial charge in [0.05, 0.1) is 25.4 Å². The van der Waals surface area contributed by atoms with E-state index in [2.05, 4.69) is 15.3 Å². The number of hydrogen-bond acceptors (Lipinski definition) is 5. The van der Waals surface area contributed by atoms with Gasteiger partial charge in [0.2, 0.25) is 5.91 Å². The number of nitrogens with one attached hydrogen (secondary N) is 1. The lowest BCUT2D eigenvalue weighted by atomic mass is 10.2. The van der Waals surface area contributed by atoms with Crippen molar-refractivity contribution in [2.45, 2.75) is 6.54 Å². The maximum atomic E-state index is 10.5. The Hall–Kier alpha value is -1.79. The molecule has 6 nitrogen and oxygen atoms in total. The summed E-state index contributed by atoms with van der Waals surface area (Å²) >= 11 is 0. The van der Waals surface area contributed by atoms with Crippen LogP contribution >= 0.6 is 0 Å². The predicted octanol–water partition coefficient (Wildman–Crippen LogP) is -0.932. The van der Waals surface area contributed by atoms with Gasteiger partial charge in [0.1, 0.15) is 0 Å². The van der Waals surface area contributed by atoms with Crippen molar-refractivity contribution >= 4 is 12.1 Å². The summed E-state index contributed by atoms with van der Waals surface area (Å²) in [5, 5.41) is 11.5. The van der Waals surface area contributed by atoms with Gasteiger partial charge < -0.3 is 16.2 Å². The number of rotatable bonds is 7. The number of carbonyl (C=O) groups is 1. The Balaban J connectivity index is 2.50. The second-order valence-electron chi connectivity index (χ2n) is 3.41. The summed E-state index contributed by atoms with van der Waals surface area (Å²) in [6, 6.07) is 3.67. The molecule has 0 bridgehead atoms. The van der Waals surface area contributed by atoms with Crippen molar-refractivity contribution in [3.8, 4) is 0 Å². The third kappa shape index (κ3) is 5.74. The Bertz CT molecular complexity index is 393. The molecule has 0 saturated carbocycles. The number of primary amides is 1. The zero-order chi connectivity index (χ0) is 12.5. The minimum absolute atomic E-state index is 0.0363. The SMILES string of the molecule is NC(=O)CNCc1cc(C=NCCO)ccn1. The van der Waals surface area contributed by atoms with Gasteiger partial charge in [0.25, 0.3) is 0 Å². The lowest BCUT2D eigenvalue weighted by Gasteiger charge is -2.02. The molecule has 17 heavy (non-hydrogen) atoms. The van der Waals surface area contributed by atoms with E-state index in [1.165, 1.54) is 0 Å². The summed E-state index contributed by atoms with van der Waals surface area (Å²) in [6.07, 6.45) is 3.34. The molecule has 0 radical (unpaired) electrons. The molecule has 1 rings (SSSR count). The number of aliphatic imine (C=N–C) groups is 1. The van der Waals surface area contributed by atoms with E-state index in [1.54, 1.807) is 12.4 Å². The molecule has 6 heteroatoms. The number of carbonyl (C=O) groups excluding carboxylic acids is 1. The fourth-order valence-corrected chi connectivity index (χ4v) is 1.22. The molecule has 0 unspecified atom stereocenters. The lowest BCUT2D eigenvalue weighted by molar-refractivity contribution is -0.117. The smallest absolute Gasteiger partial charge is 0.231 e. The molecule has 92 valence electrons. The highest BCUT2D eigenvalue weighted by molar-refractivity contribution is 5.79. The molecule has 0 aliphatic heterocycles. The van der Waals surface area contributed by atoms with Crippen molar-refractivity contribution in [1.29, 1.82) is 0 Å². The van der Waals surface area contributed by atoms with Crippen LogP contribution in [0.3, 0.4) is 0 Å². The van der Waals surface area contributed by atoms with Gasteiger partial charge in [-0.2, -0.15) is 0 Å². The quantitative estimate of drug-likeness (QED) is 0.532. The van der Waals surface area contributed by atoms with Crippen molar-refractivity contribution in [3.63, 3.8) is 0 Å². The Morgan fingerprint density at radius 2 is 2.47 bits per heavy atom. The van der Waals surface area contributed by atoms with E-state index in [0.29, 0.717) is 13.1 Å². The van der Waals surface area contributed by atoms with Crippen LogP contribution in [0.1, 0.15) is 11.3 Å². The molecule has 0 aliphatic rings. The van der Waals surface area contributed by atoms with Crippen LogP contribution < -0.4 is 11.1 Å². The Labute approximate surface area is 99.6 Å². The largest absolute Gasteiger partial charge is 0.394 e. The minimum atomic E-state index is -0.398. The van der Waals surface area contributed by atoms with E-state index in [4.69, 9.17) is 10.8 Å². The van der Waals surface area contributed by atoms with Gasteiger partial charge in [0.15, 0.2) is 0 Å². The molecule has 0 spiro atoms.